The minimum absolute atomic E-state index is 0.0537. The summed E-state index contributed by atoms with van der Waals surface area (Å²) in [6.07, 6.45) is 7.95. The van der Waals surface area contributed by atoms with E-state index >= 15 is 0 Å². The second-order valence-electron chi connectivity index (χ2n) is 8.30. The van der Waals surface area contributed by atoms with E-state index in [1.54, 1.807) is 24.1 Å². The Balaban J connectivity index is 1.58. The maximum atomic E-state index is 13.5. The first kappa shape index (κ1) is 17.2. The Labute approximate surface area is 163 Å². The van der Waals surface area contributed by atoms with Crippen LogP contribution in [-0.4, -0.2) is 31.7 Å². The van der Waals surface area contributed by atoms with E-state index in [9.17, 15) is 9.59 Å². The lowest BCUT2D eigenvalue weighted by atomic mass is 9.67. The molecule has 3 aromatic rings. The molecule has 28 heavy (non-hydrogen) atoms. The highest BCUT2D eigenvalue weighted by Crippen LogP contribution is 2.58. The van der Waals surface area contributed by atoms with Crippen LogP contribution in [0.25, 0.3) is 11.0 Å². The molecule has 0 bridgehead atoms. The Bertz CT molecular complexity index is 1120. The van der Waals surface area contributed by atoms with Crippen LogP contribution in [0.1, 0.15) is 47.6 Å². The summed E-state index contributed by atoms with van der Waals surface area (Å²) in [4.78, 5) is 28.4. The first-order valence-electron chi connectivity index (χ1n) is 9.89. The maximum absolute atomic E-state index is 13.5. The van der Waals surface area contributed by atoms with Crippen LogP contribution in [-0.2, 0) is 14.1 Å². The molecular formula is C22H24N4O2. The Morgan fingerprint density at radius 3 is 2.57 bits per heavy atom. The van der Waals surface area contributed by atoms with Gasteiger partial charge in [0.25, 0.3) is 5.91 Å². The van der Waals surface area contributed by atoms with Crippen LogP contribution >= 0.6 is 0 Å². The summed E-state index contributed by atoms with van der Waals surface area (Å²) < 4.78 is 3.48. The van der Waals surface area contributed by atoms with Gasteiger partial charge in [-0.1, -0.05) is 43.2 Å². The lowest BCUT2D eigenvalue weighted by molar-refractivity contribution is -0.0512. The molecule has 0 N–H and O–H groups in total. The van der Waals surface area contributed by atoms with E-state index in [-0.39, 0.29) is 28.4 Å². The van der Waals surface area contributed by atoms with Crippen molar-refractivity contribution in [3.63, 3.8) is 0 Å². The molecule has 1 saturated carbocycles. The fraction of sp³-hybridized carbons (Fsp3) is 0.409. The third-order valence-corrected chi connectivity index (χ3v) is 6.64. The zero-order valence-corrected chi connectivity index (χ0v) is 16.3. The van der Waals surface area contributed by atoms with Crippen molar-refractivity contribution in [1.29, 1.82) is 0 Å². The third kappa shape index (κ3) is 2.30. The van der Waals surface area contributed by atoms with Gasteiger partial charge in [0, 0.05) is 32.3 Å². The van der Waals surface area contributed by atoms with Gasteiger partial charge in [-0.25, -0.2) is 0 Å². The highest BCUT2D eigenvalue weighted by Gasteiger charge is 2.56. The van der Waals surface area contributed by atoms with E-state index in [0.717, 1.165) is 25.0 Å². The van der Waals surface area contributed by atoms with Crippen molar-refractivity contribution in [1.82, 2.24) is 19.2 Å². The normalized spacial score (nSPS) is 20.6. The molecule has 2 fully saturated rings. The Morgan fingerprint density at radius 2 is 1.86 bits per heavy atom. The maximum Gasteiger partial charge on any atom is 0.259 e. The second-order valence-corrected chi connectivity index (χ2v) is 8.30. The summed E-state index contributed by atoms with van der Waals surface area (Å²) in [6.45, 7) is 0.736. The largest absolute Gasteiger partial charge is 0.335 e. The number of hydrogen-bond acceptors (Lipinski definition) is 3. The van der Waals surface area contributed by atoms with Crippen LogP contribution in [0.15, 0.2) is 47.5 Å². The highest BCUT2D eigenvalue weighted by atomic mass is 16.2. The number of carbonyl (C=O) groups is 1. The number of fused-ring (bicyclic) bond motifs is 1. The van der Waals surface area contributed by atoms with Crippen molar-refractivity contribution in [2.24, 2.45) is 19.5 Å². The van der Waals surface area contributed by atoms with Gasteiger partial charge in [-0.05, 0) is 18.4 Å². The summed E-state index contributed by atoms with van der Waals surface area (Å²) in [5, 5.41) is 4.68. The van der Waals surface area contributed by atoms with Crippen molar-refractivity contribution in [3.05, 3.63) is 64.1 Å². The summed E-state index contributed by atoms with van der Waals surface area (Å²) in [7, 11) is 3.65. The Hall–Kier alpha value is -2.89. The van der Waals surface area contributed by atoms with Gasteiger partial charge >= 0.3 is 0 Å². The van der Waals surface area contributed by atoms with Crippen molar-refractivity contribution < 1.29 is 4.79 Å². The summed E-state index contributed by atoms with van der Waals surface area (Å²) in [6, 6.07) is 10.3. The minimum Gasteiger partial charge on any atom is -0.335 e. The van der Waals surface area contributed by atoms with Crippen LogP contribution in [0.2, 0.25) is 0 Å². The molecule has 1 atom stereocenters. The molecule has 3 heterocycles. The first-order chi connectivity index (χ1) is 13.5. The first-order valence-corrected chi connectivity index (χ1v) is 9.89. The molecule has 144 valence electrons. The number of benzene rings is 1. The molecule has 1 aromatic carbocycles. The minimum atomic E-state index is -0.231. The van der Waals surface area contributed by atoms with E-state index in [1.807, 2.05) is 34.7 Å². The summed E-state index contributed by atoms with van der Waals surface area (Å²) in [5.74, 6) is -0.169. The number of aromatic nitrogens is 3. The molecule has 1 saturated heterocycles. The van der Waals surface area contributed by atoms with Gasteiger partial charge in [0.1, 0.15) is 11.2 Å². The predicted molar refractivity (Wildman–Crippen MR) is 107 cm³/mol. The van der Waals surface area contributed by atoms with Gasteiger partial charge in [-0.15, -0.1) is 0 Å². The fourth-order valence-electron chi connectivity index (χ4n) is 5.38. The van der Waals surface area contributed by atoms with E-state index in [1.165, 1.54) is 18.4 Å². The number of pyridine rings is 1. The summed E-state index contributed by atoms with van der Waals surface area (Å²) >= 11 is 0. The number of amides is 1. The van der Waals surface area contributed by atoms with E-state index in [2.05, 4.69) is 17.2 Å². The van der Waals surface area contributed by atoms with Crippen LogP contribution in [0.5, 0.6) is 0 Å². The van der Waals surface area contributed by atoms with Gasteiger partial charge in [-0.2, -0.15) is 5.10 Å². The standard InChI is InChI=1S/C22H24N4O2/c1-24-13-17(18(27)16-12-23-25(2)20(16)24)21(28)26-14-22(10-6-7-11-22)19(26)15-8-4-3-5-9-15/h3-5,8-9,12-13,19H,6-7,10-11,14H2,1-2H3. The smallest absolute Gasteiger partial charge is 0.259 e. The number of nitrogens with zero attached hydrogens (tertiary/aromatic N) is 4. The lowest BCUT2D eigenvalue weighted by Crippen LogP contribution is -2.60. The summed E-state index contributed by atoms with van der Waals surface area (Å²) in [5.41, 5.74) is 2.06. The van der Waals surface area contributed by atoms with Gasteiger partial charge in [0.05, 0.1) is 17.6 Å². The average molecular weight is 376 g/mol. The van der Waals surface area contributed by atoms with Crippen LogP contribution < -0.4 is 5.43 Å². The van der Waals surface area contributed by atoms with E-state index in [0.29, 0.717) is 5.39 Å². The average Bonchev–Trinajstić information content (AvgIpc) is 3.32. The Kier molecular flexibility index (Phi) is 3.73. The van der Waals surface area contributed by atoms with Crippen molar-refractivity contribution in [2.45, 2.75) is 31.7 Å². The molecule has 1 amide bonds. The van der Waals surface area contributed by atoms with Crippen molar-refractivity contribution in [3.8, 4) is 0 Å². The predicted octanol–water partition coefficient (Wildman–Crippen LogP) is 3.03. The molecule has 1 aliphatic heterocycles. The molecular weight excluding hydrogens is 352 g/mol. The van der Waals surface area contributed by atoms with Gasteiger partial charge in [0.15, 0.2) is 0 Å². The number of carbonyl (C=O) groups excluding carboxylic acids is 1. The topological polar surface area (TPSA) is 60.1 Å². The zero-order chi connectivity index (χ0) is 19.5. The quantitative estimate of drug-likeness (QED) is 0.691. The molecule has 2 aliphatic rings. The van der Waals surface area contributed by atoms with E-state index < -0.39 is 0 Å². The molecule has 6 nitrogen and oxygen atoms in total. The number of aryl methyl sites for hydroxylation is 2. The molecule has 6 heteroatoms. The van der Waals surface area contributed by atoms with Crippen LogP contribution in [0.4, 0.5) is 0 Å². The second kappa shape index (κ2) is 6.06. The third-order valence-electron chi connectivity index (χ3n) is 6.64. The SMILES string of the molecule is Cn1cc(C(=O)N2CC3(CCCC3)C2c2ccccc2)c(=O)c2cnn(C)c21. The number of likely N-dealkylation sites (tertiary alicyclic amines) is 1. The molecule has 1 spiro atoms. The van der Waals surface area contributed by atoms with Crippen LogP contribution in [0.3, 0.4) is 0 Å². The molecule has 2 aromatic heterocycles. The zero-order valence-electron chi connectivity index (χ0n) is 16.3. The molecule has 5 rings (SSSR count). The lowest BCUT2D eigenvalue weighted by Gasteiger charge is -2.56. The molecule has 1 aliphatic carbocycles. The van der Waals surface area contributed by atoms with Crippen molar-refractivity contribution in [2.75, 3.05) is 6.54 Å². The monoisotopic (exact) mass is 376 g/mol. The van der Waals surface area contributed by atoms with Gasteiger partial charge in [-0.3, -0.25) is 14.3 Å². The van der Waals surface area contributed by atoms with Crippen molar-refractivity contribution >= 4 is 16.9 Å². The number of rotatable bonds is 2. The molecule has 0 radical (unpaired) electrons. The van der Waals surface area contributed by atoms with Gasteiger partial charge in [0.2, 0.25) is 5.43 Å². The number of hydrogen-bond donors (Lipinski definition) is 0. The van der Waals surface area contributed by atoms with Gasteiger partial charge < -0.3 is 9.47 Å². The van der Waals surface area contributed by atoms with Crippen LogP contribution in [0, 0.1) is 5.41 Å². The Morgan fingerprint density at radius 1 is 1.14 bits per heavy atom. The fourth-order valence-corrected chi connectivity index (χ4v) is 5.38. The van der Waals surface area contributed by atoms with E-state index in [4.69, 9.17) is 0 Å². The molecule has 1 unspecified atom stereocenters. The highest BCUT2D eigenvalue weighted by molar-refractivity contribution is 5.97.